The Bertz CT molecular complexity index is 614. The van der Waals surface area contributed by atoms with E-state index in [2.05, 4.69) is 9.47 Å². The summed E-state index contributed by atoms with van der Waals surface area (Å²) < 4.78 is 94.6. The molecule has 0 saturated carbocycles. The van der Waals surface area contributed by atoms with Crippen molar-refractivity contribution in [2.75, 3.05) is 20.3 Å². The van der Waals surface area contributed by atoms with Gasteiger partial charge in [0.2, 0.25) is 0 Å². The Hall–Kier alpha value is -1.97. The molecule has 1 rings (SSSR count). The first kappa shape index (κ1) is 22.1. The summed E-state index contributed by atoms with van der Waals surface area (Å²) in [4.78, 5) is 11.1. The smallest absolute Gasteiger partial charge is 0.430 e. The molecule has 0 unspecified atom stereocenters. The zero-order chi connectivity index (χ0) is 20.3. The van der Waals surface area contributed by atoms with Crippen LogP contribution in [0.4, 0.5) is 26.3 Å². The Labute approximate surface area is 146 Å². The van der Waals surface area contributed by atoms with E-state index in [4.69, 9.17) is 4.74 Å². The number of aryl methyl sites for hydroxylation is 2. The average Bonchev–Trinajstić information content (AvgIpc) is 2.48. The molecule has 1 aromatic rings. The van der Waals surface area contributed by atoms with Gasteiger partial charge in [-0.2, -0.15) is 26.3 Å². The maximum atomic E-state index is 13.5. The van der Waals surface area contributed by atoms with E-state index in [0.717, 1.165) is 14.0 Å². The van der Waals surface area contributed by atoms with E-state index >= 15 is 0 Å². The molecule has 0 amide bonds. The lowest BCUT2D eigenvalue weighted by Gasteiger charge is -2.37. The molecule has 0 aliphatic heterocycles. The number of esters is 1. The third kappa shape index (κ3) is 4.05. The highest BCUT2D eigenvalue weighted by molar-refractivity contribution is 5.71. The van der Waals surface area contributed by atoms with Crippen molar-refractivity contribution in [2.24, 2.45) is 0 Å². The van der Waals surface area contributed by atoms with Gasteiger partial charge in [0.25, 0.3) is 5.60 Å². The van der Waals surface area contributed by atoms with Crippen LogP contribution in [0.2, 0.25) is 0 Å². The van der Waals surface area contributed by atoms with Gasteiger partial charge in [0.1, 0.15) is 5.75 Å². The van der Waals surface area contributed by atoms with Crippen LogP contribution in [0.25, 0.3) is 0 Å². The molecule has 0 fully saturated rings. The molecule has 0 aromatic heterocycles. The van der Waals surface area contributed by atoms with Crippen LogP contribution in [0, 0.1) is 13.8 Å². The molecular weight excluding hydrogens is 370 g/mol. The maximum absolute atomic E-state index is 13.5. The van der Waals surface area contributed by atoms with Crippen molar-refractivity contribution in [3.63, 3.8) is 0 Å². The second kappa shape index (κ2) is 7.73. The number of carbonyl (C=O) groups is 1. The Balaban J connectivity index is 3.53. The highest BCUT2D eigenvalue weighted by Crippen LogP contribution is 2.53. The molecule has 4 nitrogen and oxygen atoms in total. The molecule has 0 N–H and O–H groups in total. The fourth-order valence-corrected chi connectivity index (χ4v) is 2.52. The summed E-state index contributed by atoms with van der Waals surface area (Å²) in [5.41, 5.74) is -5.60. The molecular formula is C16H18F6O4. The molecule has 0 atom stereocenters. The quantitative estimate of drug-likeness (QED) is 0.541. The number of halogens is 6. The minimum atomic E-state index is -5.74. The summed E-state index contributed by atoms with van der Waals surface area (Å²) in [6.07, 6.45) is -11.5. The predicted octanol–water partition coefficient (Wildman–Crippen LogP) is 4.21. The Kier molecular flexibility index (Phi) is 6.56. The number of hydrogen-bond donors (Lipinski definition) is 0. The lowest BCUT2D eigenvalue weighted by atomic mass is 9.89. The predicted molar refractivity (Wildman–Crippen MR) is 78.8 cm³/mol. The van der Waals surface area contributed by atoms with Gasteiger partial charge in [0, 0.05) is 12.2 Å². The Morgan fingerprint density at radius 2 is 1.46 bits per heavy atom. The van der Waals surface area contributed by atoms with Crippen molar-refractivity contribution >= 4 is 5.97 Å². The van der Waals surface area contributed by atoms with E-state index in [1.807, 2.05) is 0 Å². The average molecular weight is 388 g/mol. The third-order valence-electron chi connectivity index (χ3n) is 3.59. The first-order valence-corrected chi connectivity index (χ1v) is 7.40. The lowest BCUT2D eigenvalue weighted by molar-refractivity contribution is -0.388. The van der Waals surface area contributed by atoms with E-state index in [1.165, 1.54) is 13.8 Å². The Morgan fingerprint density at radius 3 is 1.81 bits per heavy atom. The third-order valence-corrected chi connectivity index (χ3v) is 3.59. The molecule has 0 aliphatic carbocycles. The largest absolute Gasteiger partial charge is 0.481 e. The van der Waals surface area contributed by atoms with Gasteiger partial charge in [0.15, 0.2) is 6.61 Å². The van der Waals surface area contributed by atoms with Gasteiger partial charge in [-0.05, 0) is 44.0 Å². The maximum Gasteiger partial charge on any atom is 0.430 e. The van der Waals surface area contributed by atoms with E-state index < -0.39 is 42.7 Å². The second-order valence-corrected chi connectivity index (χ2v) is 5.41. The summed E-state index contributed by atoms with van der Waals surface area (Å²) in [6, 6.07) is 1.38. The summed E-state index contributed by atoms with van der Waals surface area (Å²) in [5, 5.41) is 0. The fourth-order valence-electron chi connectivity index (χ4n) is 2.52. The van der Waals surface area contributed by atoms with Crippen LogP contribution < -0.4 is 4.74 Å². The molecule has 10 heteroatoms. The zero-order valence-corrected chi connectivity index (χ0v) is 14.5. The number of methoxy groups -OCH3 is 1. The van der Waals surface area contributed by atoms with Crippen molar-refractivity contribution in [1.82, 2.24) is 0 Å². The molecule has 0 aliphatic rings. The lowest BCUT2D eigenvalue weighted by Crippen LogP contribution is -2.56. The molecule has 0 bridgehead atoms. The van der Waals surface area contributed by atoms with Crippen molar-refractivity contribution in [2.45, 2.75) is 38.7 Å². The molecule has 0 heterocycles. The van der Waals surface area contributed by atoms with Crippen LogP contribution in [0.5, 0.6) is 5.75 Å². The van der Waals surface area contributed by atoms with Crippen LogP contribution in [-0.4, -0.2) is 38.6 Å². The van der Waals surface area contributed by atoms with E-state index in [9.17, 15) is 31.1 Å². The van der Waals surface area contributed by atoms with Crippen LogP contribution >= 0.6 is 0 Å². The number of hydrogen-bond acceptors (Lipinski definition) is 4. The van der Waals surface area contributed by atoms with Gasteiger partial charge in [-0.3, -0.25) is 0 Å². The fraction of sp³-hybridized carbons (Fsp3) is 0.562. The van der Waals surface area contributed by atoms with Crippen molar-refractivity contribution in [1.29, 1.82) is 0 Å². The summed E-state index contributed by atoms with van der Waals surface area (Å²) in [5.74, 6) is -0.754. The summed E-state index contributed by atoms with van der Waals surface area (Å²) in [6.45, 7) is 2.24. The molecule has 0 spiro atoms. The van der Waals surface area contributed by atoms with Crippen LogP contribution in [0.3, 0.4) is 0 Å². The van der Waals surface area contributed by atoms with Gasteiger partial charge in [0.05, 0.1) is 7.11 Å². The number of alkyl halides is 6. The van der Waals surface area contributed by atoms with Gasteiger partial charge in [-0.15, -0.1) is 0 Å². The summed E-state index contributed by atoms with van der Waals surface area (Å²) >= 11 is 0. The van der Waals surface area contributed by atoms with E-state index in [1.54, 1.807) is 0 Å². The van der Waals surface area contributed by atoms with Crippen LogP contribution in [-0.2, 0) is 19.9 Å². The highest BCUT2D eigenvalue weighted by Gasteiger charge is 2.73. The van der Waals surface area contributed by atoms with Crippen molar-refractivity contribution < 1.29 is 45.3 Å². The van der Waals surface area contributed by atoms with E-state index in [0.29, 0.717) is 12.1 Å². The number of carbonyl (C=O) groups excluding carboxylic acids is 1. The number of ether oxygens (including phenoxy) is 3. The van der Waals surface area contributed by atoms with Gasteiger partial charge < -0.3 is 14.2 Å². The minimum Gasteiger partial charge on any atom is -0.481 e. The van der Waals surface area contributed by atoms with E-state index in [-0.39, 0.29) is 16.9 Å². The summed E-state index contributed by atoms with van der Waals surface area (Å²) in [7, 11) is 1.11. The first-order valence-electron chi connectivity index (χ1n) is 7.40. The zero-order valence-electron chi connectivity index (χ0n) is 14.5. The number of rotatable bonds is 6. The van der Waals surface area contributed by atoms with Gasteiger partial charge in [-0.25, -0.2) is 4.79 Å². The molecule has 26 heavy (non-hydrogen) atoms. The highest BCUT2D eigenvalue weighted by atomic mass is 19.4. The second-order valence-electron chi connectivity index (χ2n) is 5.41. The van der Waals surface area contributed by atoms with Crippen molar-refractivity contribution in [3.05, 3.63) is 28.8 Å². The minimum absolute atomic E-state index is 0.00565. The van der Waals surface area contributed by atoms with Gasteiger partial charge >= 0.3 is 18.3 Å². The van der Waals surface area contributed by atoms with Crippen molar-refractivity contribution in [3.8, 4) is 5.75 Å². The van der Waals surface area contributed by atoms with Crippen LogP contribution in [0.15, 0.2) is 12.1 Å². The van der Waals surface area contributed by atoms with Crippen LogP contribution in [0.1, 0.15) is 23.6 Å². The molecule has 148 valence electrons. The topological polar surface area (TPSA) is 44.8 Å². The first-order chi connectivity index (χ1) is 11.8. The molecule has 0 saturated heterocycles. The van der Waals surface area contributed by atoms with Gasteiger partial charge in [-0.1, -0.05) is 0 Å². The standard InChI is InChI=1S/C16H18F6O4/c1-5-26-14(15(17,18)19,16(20,21)22)11-6-9(2)13(10(3)7-11)25-8-12(23)24-4/h6-7H,5,8H2,1-4H3. The normalized spacial score (nSPS) is 12.8. The molecule has 1 aromatic carbocycles. The monoisotopic (exact) mass is 388 g/mol. The Morgan fingerprint density at radius 1 is 1.00 bits per heavy atom. The SMILES string of the molecule is CCOC(c1cc(C)c(OCC(=O)OC)c(C)c1)(C(F)(F)F)C(F)(F)F. The number of benzene rings is 1. The molecule has 0 radical (unpaired) electrons.